The minimum atomic E-state index is 0.00597. The van der Waals surface area contributed by atoms with Crippen LogP contribution in [0.15, 0.2) is 0 Å². The highest BCUT2D eigenvalue weighted by molar-refractivity contribution is 5.77. The third kappa shape index (κ3) is 7.33. The fraction of sp³-hybridized carbons (Fsp3) is 0.909. The van der Waals surface area contributed by atoms with Crippen LogP contribution in [0.4, 0.5) is 0 Å². The van der Waals surface area contributed by atoms with Gasteiger partial charge in [-0.15, -0.1) is 0 Å². The molecule has 1 aliphatic rings. The molecule has 2 N–H and O–H groups in total. The highest BCUT2D eigenvalue weighted by Crippen LogP contribution is 2.27. The van der Waals surface area contributed by atoms with Gasteiger partial charge in [-0.3, -0.25) is 4.79 Å². The van der Waals surface area contributed by atoms with E-state index in [-0.39, 0.29) is 12.5 Å². The molecule has 0 spiro atoms. The molecule has 4 nitrogen and oxygen atoms in total. The lowest BCUT2D eigenvalue weighted by molar-refractivity contribution is -0.125. The van der Waals surface area contributed by atoms with E-state index < -0.39 is 0 Å². The Balaban J connectivity index is 1.83. The first-order chi connectivity index (χ1) is 7.18. The van der Waals surface area contributed by atoms with Crippen molar-refractivity contribution in [3.63, 3.8) is 0 Å². The average Bonchev–Trinajstić information content (AvgIpc) is 2.97. The summed E-state index contributed by atoms with van der Waals surface area (Å²) >= 11 is 0. The predicted molar refractivity (Wildman–Crippen MR) is 59.7 cm³/mol. The van der Waals surface area contributed by atoms with Crippen LogP contribution in [0.5, 0.6) is 0 Å². The molecule has 15 heavy (non-hydrogen) atoms. The van der Waals surface area contributed by atoms with Crippen LogP contribution in [-0.4, -0.2) is 38.3 Å². The number of carbonyl (C=O) groups is 1. The summed E-state index contributed by atoms with van der Waals surface area (Å²) in [6.07, 6.45) is 2.53. The fourth-order valence-corrected chi connectivity index (χ4v) is 1.22. The van der Waals surface area contributed by atoms with Gasteiger partial charge in [0.2, 0.25) is 5.91 Å². The lowest BCUT2D eigenvalue weighted by atomic mass is 10.4. The Morgan fingerprint density at radius 3 is 2.80 bits per heavy atom. The molecule has 1 aliphatic carbocycles. The zero-order valence-electron chi connectivity index (χ0n) is 9.71. The lowest BCUT2D eigenvalue weighted by Crippen LogP contribution is -2.31. The normalized spacial score (nSPS) is 15.7. The van der Waals surface area contributed by atoms with E-state index >= 15 is 0 Å². The van der Waals surface area contributed by atoms with Gasteiger partial charge < -0.3 is 15.4 Å². The molecule has 0 heterocycles. The number of amides is 1. The van der Waals surface area contributed by atoms with Crippen molar-refractivity contribution in [1.29, 1.82) is 0 Å². The van der Waals surface area contributed by atoms with Crippen molar-refractivity contribution in [2.75, 3.05) is 26.3 Å². The molecule has 0 aromatic heterocycles. The number of nitrogens with one attached hydrogen (secondary N) is 2. The molecule has 1 rings (SSSR count). The van der Waals surface area contributed by atoms with Crippen LogP contribution in [0, 0.1) is 5.92 Å². The maximum Gasteiger partial charge on any atom is 0.246 e. The zero-order valence-corrected chi connectivity index (χ0v) is 9.71. The maximum atomic E-state index is 11.2. The highest BCUT2D eigenvalue weighted by Gasteiger charge is 2.21. The Bertz CT molecular complexity index is 191. The number of rotatable bonds is 8. The summed E-state index contributed by atoms with van der Waals surface area (Å²) in [5.74, 6) is 0.739. The van der Waals surface area contributed by atoms with E-state index in [9.17, 15) is 4.79 Å². The molecule has 0 bridgehead atoms. The number of ether oxygens (including phenoxy) is 1. The van der Waals surface area contributed by atoms with Gasteiger partial charge >= 0.3 is 0 Å². The second kappa shape index (κ2) is 6.80. The van der Waals surface area contributed by atoms with Crippen molar-refractivity contribution in [3.8, 4) is 0 Å². The van der Waals surface area contributed by atoms with E-state index in [2.05, 4.69) is 24.5 Å². The number of hydrogen-bond donors (Lipinski definition) is 2. The monoisotopic (exact) mass is 214 g/mol. The molecule has 0 aliphatic heterocycles. The fourth-order valence-electron chi connectivity index (χ4n) is 1.22. The second-order valence-electron chi connectivity index (χ2n) is 4.41. The minimum absolute atomic E-state index is 0.00597. The molecule has 0 radical (unpaired) electrons. The predicted octanol–water partition coefficient (Wildman–Crippen LogP) is 0.527. The maximum absolute atomic E-state index is 11.2. The molecule has 0 aromatic rings. The van der Waals surface area contributed by atoms with E-state index in [1.807, 2.05) is 0 Å². The summed E-state index contributed by atoms with van der Waals surface area (Å²) in [6, 6.07) is 0.470. The van der Waals surface area contributed by atoms with Crippen LogP contribution >= 0.6 is 0 Å². The van der Waals surface area contributed by atoms with Crippen molar-refractivity contribution in [2.24, 2.45) is 5.92 Å². The third-order valence-corrected chi connectivity index (χ3v) is 2.32. The summed E-state index contributed by atoms with van der Waals surface area (Å²) in [5, 5.41) is 6.08. The van der Waals surface area contributed by atoms with Crippen LogP contribution in [0.1, 0.15) is 26.7 Å². The van der Waals surface area contributed by atoms with Gasteiger partial charge in [0, 0.05) is 19.1 Å². The van der Waals surface area contributed by atoms with Crippen molar-refractivity contribution in [2.45, 2.75) is 32.7 Å². The summed E-state index contributed by atoms with van der Waals surface area (Å²) in [7, 11) is 0. The van der Waals surface area contributed by atoms with Crippen LogP contribution < -0.4 is 10.6 Å². The van der Waals surface area contributed by atoms with Gasteiger partial charge in [-0.05, 0) is 18.8 Å². The first-order valence-corrected chi connectivity index (χ1v) is 5.76. The number of carbonyl (C=O) groups excluding carboxylic acids is 1. The molecule has 0 saturated heterocycles. The molecular weight excluding hydrogens is 192 g/mol. The van der Waals surface area contributed by atoms with Gasteiger partial charge in [0.25, 0.3) is 0 Å². The lowest BCUT2D eigenvalue weighted by Gasteiger charge is -2.08. The smallest absolute Gasteiger partial charge is 0.246 e. The summed E-state index contributed by atoms with van der Waals surface area (Å²) < 4.78 is 5.22. The molecule has 1 amide bonds. The highest BCUT2D eigenvalue weighted by atomic mass is 16.5. The third-order valence-electron chi connectivity index (χ3n) is 2.32. The van der Waals surface area contributed by atoms with E-state index in [0.29, 0.717) is 12.6 Å². The summed E-state index contributed by atoms with van der Waals surface area (Å²) in [5.41, 5.74) is 0. The van der Waals surface area contributed by atoms with Gasteiger partial charge in [-0.2, -0.15) is 0 Å². The Kier molecular flexibility index (Phi) is 5.65. The average molecular weight is 214 g/mol. The zero-order chi connectivity index (χ0) is 11.1. The van der Waals surface area contributed by atoms with Crippen LogP contribution in [0.3, 0.4) is 0 Å². The topological polar surface area (TPSA) is 50.4 Å². The first kappa shape index (κ1) is 12.5. The number of hydrogen-bond acceptors (Lipinski definition) is 3. The molecule has 4 heteroatoms. The van der Waals surface area contributed by atoms with E-state index in [0.717, 1.165) is 19.0 Å². The molecule has 1 saturated carbocycles. The minimum Gasteiger partial charge on any atom is -0.370 e. The van der Waals surface area contributed by atoms with Crippen molar-refractivity contribution < 1.29 is 9.53 Å². The van der Waals surface area contributed by atoms with Crippen LogP contribution in [0.2, 0.25) is 0 Å². The van der Waals surface area contributed by atoms with Crippen molar-refractivity contribution >= 4 is 5.91 Å². The summed E-state index contributed by atoms with van der Waals surface area (Å²) in [4.78, 5) is 11.2. The van der Waals surface area contributed by atoms with Crippen molar-refractivity contribution in [1.82, 2.24) is 10.6 Å². The van der Waals surface area contributed by atoms with Crippen LogP contribution in [0.25, 0.3) is 0 Å². The second-order valence-corrected chi connectivity index (χ2v) is 4.41. The summed E-state index contributed by atoms with van der Waals surface area (Å²) in [6.45, 7) is 6.58. The molecule has 1 fully saturated rings. The Labute approximate surface area is 91.8 Å². The van der Waals surface area contributed by atoms with E-state index in [4.69, 9.17) is 4.74 Å². The SMILES string of the molecule is CC(C)NCCOCC(=O)NCC1CC1. The standard InChI is InChI=1S/C11H22N2O2/c1-9(2)12-5-6-15-8-11(14)13-7-10-3-4-10/h9-10,12H,3-8H2,1-2H3,(H,13,14). The quantitative estimate of drug-likeness (QED) is 0.579. The van der Waals surface area contributed by atoms with E-state index in [1.54, 1.807) is 0 Å². The van der Waals surface area contributed by atoms with E-state index in [1.165, 1.54) is 12.8 Å². The Morgan fingerprint density at radius 2 is 2.20 bits per heavy atom. The first-order valence-electron chi connectivity index (χ1n) is 5.76. The van der Waals surface area contributed by atoms with Crippen LogP contribution in [-0.2, 0) is 9.53 Å². The molecule has 0 atom stereocenters. The van der Waals surface area contributed by atoms with Gasteiger partial charge in [-0.1, -0.05) is 13.8 Å². The molecule has 0 aromatic carbocycles. The molecule has 88 valence electrons. The van der Waals surface area contributed by atoms with Gasteiger partial charge in [0.05, 0.1) is 6.61 Å². The van der Waals surface area contributed by atoms with Crippen molar-refractivity contribution in [3.05, 3.63) is 0 Å². The largest absolute Gasteiger partial charge is 0.370 e. The van der Waals surface area contributed by atoms with Gasteiger partial charge in [-0.25, -0.2) is 0 Å². The Hall–Kier alpha value is -0.610. The molecule has 0 unspecified atom stereocenters. The van der Waals surface area contributed by atoms with Gasteiger partial charge in [0.15, 0.2) is 0 Å². The van der Waals surface area contributed by atoms with Gasteiger partial charge in [0.1, 0.15) is 6.61 Å². The Morgan fingerprint density at radius 1 is 1.47 bits per heavy atom. The molecular formula is C11H22N2O2.